The number of hydrogen-bond acceptors (Lipinski definition) is 3. The van der Waals surface area contributed by atoms with Crippen LogP contribution in [0.15, 0.2) is 34.9 Å². The average Bonchev–Trinajstić information content (AvgIpc) is 2.72. The zero-order valence-electron chi connectivity index (χ0n) is 21.9. The molecule has 0 saturated heterocycles. The van der Waals surface area contributed by atoms with Gasteiger partial charge in [-0.1, -0.05) is 34.9 Å². The standard InChI is InChI=1S/C30H46O3/c1-21(13-8-15-26-16-9-17-26)11-7-12-22(2)14-10-19-30(6,33)20-18-27-25(5)28(31)23(3)24(4)29(27)32/h11,14-15,31-33H,7-10,12-13,16-20H2,1-6H3/b21-11+,22-14+/t30-/m1/s1. The molecular formula is C30H46O3. The van der Waals surface area contributed by atoms with Gasteiger partial charge in [0.1, 0.15) is 11.5 Å². The molecule has 0 spiro atoms. The van der Waals surface area contributed by atoms with Crippen molar-refractivity contribution in [3.05, 3.63) is 57.2 Å². The van der Waals surface area contributed by atoms with Gasteiger partial charge >= 0.3 is 0 Å². The summed E-state index contributed by atoms with van der Waals surface area (Å²) in [6.07, 6.45) is 18.2. The molecule has 0 aromatic heterocycles. The molecule has 1 aromatic rings. The predicted octanol–water partition coefficient (Wildman–Crippen LogP) is 8.05. The van der Waals surface area contributed by atoms with E-state index in [4.69, 9.17) is 0 Å². The summed E-state index contributed by atoms with van der Waals surface area (Å²) in [6.45, 7) is 11.8. The van der Waals surface area contributed by atoms with Crippen LogP contribution in [0.25, 0.3) is 0 Å². The van der Waals surface area contributed by atoms with Crippen LogP contribution < -0.4 is 0 Å². The average molecular weight is 455 g/mol. The third-order valence-corrected chi connectivity index (χ3v) is 7.45. The van der Waals surface area contributed by atoms with Crippen LogP contribution in [0.1, 0.15) is 107 Å². The van der Waals surface area contributed by atoms with E-state index in [-0.39, 0.29) is 11.5 Å². The summed E-state index contributed by atoms with van der Waals surface area (Å²) in [6, 6.07) is 0. The van der Waals surface area contributed by atoms with Gasteiger partial charge in [0.25, 0.3) is 0 Å². The normalized spacial score (nSPS) is 16.5. The van der Waals surface area contributed by atoms with Gasteiger partial charge in [0, 0.05) is 5.56 Å². The van der Waals surface area contributed by atoms with Crippen LogP contribution in [0, 0.1) is 20.8 Å². The monoisotopic (exact) mass is 454 g/mol. The van der Waals surface area contributed by atoms with Crippen molar-refractivity contribution in [3.8, 4) is 11.5 Å². The highest BCUT2D eigenvalue weighted by atomic mass is 16.3. The molecule has 3 heteroatoms. The molecule has 1 atom stereocenters. The molecule has 33 heavy (non-hydrogen) atoms. The molecular weight excluding hydrogens is 408 g/mol. The van der Waals surface area contributed by atoms with Gasteiger partial charge < -0.3 is 15.3 Å². The summed E-state index contributed by atoms with van der Waals surface area (Å²) in [5.41, 5.74) is 6.59. The van der Waals surface area contributed by atoms with Gasteiger partial charge in [0.2, 0.25) is 0 Å². The van der Waals surface area contributed by atoms with Gasteiger partial charge in [-0.15, -0.1) is 0 Å². The first kappa shape index (κ1) is 27.2. The number of phenolic OH excluding ortho intramolecular Hbond substituents is 2. The number of phenols is 2. The van der Waals surface area contributed by atoms with E-state index in [1.807, 2.05) is 27.7 Å². The highest BCUT2D eigenvalue weighted by molar-refractivity contribution is 5.56. The minimum atomic E-state index is -0.810. The van der Waals surface area contributed by atoms with Crippen molar-refractivity contribution < 1.29 is 15.3 Å². The molecule has 1 aromatic carbocycles. The molecule has 0 amide bonds. The fraction of sp³-hybridized carbons (Fsp3) is 0.600. The largest absolute Gasteiger partial charge is 0.507 e. The second-order valence-corrected chi connectivity index (χ2v) is 10.5. The number of hydrogen-bond donors (Lipinski definition) is 3. The zero-order valence-corrected chi connectivity index (χ0v) is 21.9. The Hall–Kier alpha value is -2.00. The quantitative estimate of drug-likeness (QED) is 0.221. The van der Waals surface area contributed by atoms with Crippen LogP contribution in [0.5, 0.6) is 11.5 Å². The number of rotatable bonds is 12. The Morgan fingerprint density at radius 2 is 1.39 bits per heavy atom. The van der Waals surface area contributed by atoms with Crippen LogP contribution in [0.3, 0.4) is 0 Å². The van der Waals surface area contributed by atoms with Gasteiger partial charge in [-0.2, -0.15) is 0 Å². The summed E-state index contributed by atoms with van der Waals surface area (Å²) >= 11 is 0. The van der Waals surface area contributed by atoms with E-state index in [1.54, 1.807) is 5.57 Å². The first-order chi connectivity index (χ1) is 15.5. The SMILES string of the molecule is C/C(=C\CC/C(C)=C/CC[C@@](C)(O)CCc1c(C)c(O)c(C)c(C)c1O)CCC=C1CCC1. The highest BCUT2D eigenvalue weighted by Gasteiger charge is 2.23. The second-order valence-electron chi connectivity index (χ2n) is 10.5. The zero-order chi connectivity index (χ0) is 24.6. The van der Waals surface area contributed by atoms with Gasteiger partial charge in [0.15, 0.2) is 0 Å². The molecule has 3 nitrogen and oxygen atoms in total. The van der Waals surface area contributed by atoms with Gasteiger partial charge in [-0.25, -0.2) is 0 Å². The number of aliphatic hydroxyl groups is 1. The van der Waals surface area contributed by atoms with E-state index in [9.17, 15) is 15.3 Å². The molecule has 0 aliphatic heterocycles. The summed E-state index contributed by atoms with van der Waals surface area (Å²) in [5, 5.41) is 31.7. The summed E-state index contributed by atoms with van der Waals surface area (Å²) in [5.74, 6) is 0.496. The molecule has 1 aliphatic carbocycles. The Morgan fingerprint density at radius 1 is 0.818 bits per heavy atom. The molecule has 0 unspecified atom stereocenters. The third kappa shape index (κ3) is 8.37. The Balaban J connectivity index is 1.76. The first-order valence-corrected chi connectivity index (χ1v) is 12.7. The lowest BCUT2D eigenvalue weighted by Gasteiger charge is -2.24. The number of benzene rings is 1. The molecule has 1 aliphatic rings. The van der Waals surface area contributed by atoms with Crippen molar-refractivity contribution in [2.75, 3.05) is 0 Å². The van der Waals surface area contributed by atoms with Crippen LogP contribution in [-0.2, 0) is 6.42 Å². The smallest absolute Gasteiger partial charge is 0.122 e. The minimum Gasteiger partial charge on any atom is -0.507 e. The molecule has 3 N–H and O–H groups in total. The van der Waals surface area contributed by atoms with E-state index >= 15 is 0 Å². The van der Waals surface area contributed by atoms with Crippen LogP contribution >= 0.6 is 0 Å². The Bertz CT molecular complexity index is 865. The molecule has 2 rings (SSSR count). The van der Waals surface area contributed by atoms with E-state index in [1.165, 1.54) is 43.3 Å². The minimum absolute atomic E-state index is 0.248. The van der Waals surface area contributed by atoms with Crippen molar-refractivity contribution in [1.29, 1.82) is 0 Å². The van der Waals surface area contributed by atoms with Crippen molar-refractivity contribution in [1.82, 2.24) is 0 Å². The van der Waals surface area contributed by atoms with Crippen LogP contribution in [-0.4, -0.2) is 20.9 Å². The predicted molar refractivity (Wildman–Crippen MR) is 140 cm³/mol. The molecule has 0 heterocycles. The van der Waals surface area contributed by atoms with Crippen LogP contribution in [0.2, 0.25) is 0 Å². The lowest BCUT2D eigenvalue weighted by atomic mass is 9.88. The third-order valence-electron chi connectivity index (χ3n) is 7.45. The molecule has 1 fully saturated rings. The van der Waals surface area contributed by atoms with Crippen molar-refractivity contribution in [2.45, 2.75) is 118 Å². The highest BCUT2D eigenvalue weighted by Crippen LogP contribution is 2.37. The second kappa shape index (κ2) is 12.5. The maximum atomic E-state index is 10.9. The van der Waals surface area contributed by atoms with Crippen molar-refractivity contribution in [3.63, 3.8) is 0 Å². The summed E-state index contributed by atoms with van der Waals surface area (Å²) in [7, 11) is 0. The topological polar surface area (TPSA) is 60.7 Å². The molecule has 1 saturated carbocycles. The lowest BCUT2D eigenvalue weighted by Crippen LogP contribution is -2.24. The summed E-state index contributed by atoms with van der Waals surface area (Å²) < 4.78 is 0. The fourth-order valence-corrected chi connectivity index (χ4v) is 4.48. The van der Waals surface area contributed by atoms with Gasteiger partial charge in [-0.3, -0.25) is 0 Å². The number of allylic oxidation sites excluding steroid dienone is 6. The van der Waals surface area contributed by atoms with E-state index in [0.29, 0.717) is 30.4 Å². The van der Waals surface area contributed by atoms with E-state index in [0.717, 1.165) is 30.4 Å². The summed E-state index contributed by atoms with van der Waals surface area (Å²) in [4.78, 5) is 0. The maximum absolute atomic E-state index is 10.9. The fourth-order valence-electron chi connectivity index (χ4n) is 4.48. The Labute approximate surface area is 201 Å². The van der Waals surface area contributed by atoms with Gasteiger partial charge in [-0.05, 0) is 129 Å². The van der Waals surface area contributed by atoms with E-state index in [2.05, 4.69) is 32.1 Å². The van der Waals surface area contributed by atoms with Crippen LogP contribution in [0.4, 0.5) is 0 Å². The van der Waals surface area contributed by atoms with Crippen molar-refractivity contribution >= 4 is 0 Å². The maximum Gasteiger partial charge on any atom is 0.122 e. The van der Waals surface area contributed by atoms with E-state index < -0.39 is 5.60 Å². The molecule has 184 valence electrons. The Morgan fingerprint density at radius 3 is 2.00 bits per heavy atom. The molecule has 0 radical (unpaired) electrons. The molecule has 0 bridgehead atoms. The van der Waals surface area contributed by atoms with Gasteiger partial charge in [0.05, 0.1) is 5.60 Å². The first-order valence-electron chi connectivity index (χ1n) is 12.7. The van der Waals surface area contributed by atoms with Crippen molar-refractivity contribution in [2.24, 2.45) is 0 Å². The number of aromatic hydroxyl groups is 2. The lowest BCUT2D eigenvalue weighted by molar-refractivity contribution is 0.0431. The Kier molecular flexibility index (Phi) is 10.3.